The Bertz CT molecular complexity index is 463. The molecule has 0 bridgehead atoms. The lowest BCUT2D eigenvalue weighted by Gasteiger charge is -2.37. The molecule has 1 atom stereocenters. The summed E-state index contributed by atoms with van der Waals surface area (Å²) in [6, 6.07) is 0. The molecule has 3 aliphatic carbocycles. The molecular weight excluding hydrogens is 326 g/mol. The third kappa shape index (κ3) is 5.42. The van der Waals surface area contributed by atoms with Gasteiger partial charge in [-0.25, -0.2) is 8.78 Å². The molecule has 148 valence electrons. The SMILES string of the molecule is C/C=C/CCC1CCC(C2CC=C(C3CCC(C(F)F)CC3)CC2)CC1. The van der Waals surface area contributed by atoms with Crippen LogP contribution in [-0.2, 0) is 0 Å². The molecule has 0 heterocycles. The highest BCUT2D eigenvalue weighted by Crippen LogP contribution is 2.44. The van der Waals surface area contributed by atoms with Gasteiger partial charge in [0.1, 0.15) is 0 Å². The van der Waals surface area contributed by atoms with Crippen molar-refractivity contribution in [2.45, 2.75) is 96.8 Å². The molecule has 0 N–H and O–H groups in total. The van der Waals surface area contributed by atoms with Gasteiger partial charge in [0.05, 0.1) is 0 Å². The second kappa shape index (κ2) is 10.0. The van der Waals surface area contributed by atoms with Gasteiger partial charge in [0.25, 0.3) is 0 Å². The maximum Gasteiger partial charge on any atom is 0.241 e. The molecular formula is C24H38F2. The Morgan fingerprint density at radius 3 is 2.27 bits per heavy atom. The van der Waals surface area contributed by atoms with Crippen LogP contribution in [0.1, 0.15) is 90.4 Å². The molecule has 1 unspecified atom stereocenters. The molecule has 2 heteroatoms. The molecule has 0 nitrogen and oxygen atoms in total. The van der Waals surface area contributed by atoms with Crippen molar-refractivity contribution in [2.24, 2.45) is 29.6 Å². The smallest absolute Gasteiger partial charge is 0.210 e. The van der Waals surface area contributed by atoms with E-state index in [-0.39, 0.29) is 5.92 Å². The largest absolute Gasteiger partial charge is 0.241 e. The predicted octanol–water partition coefficient (Wildman–Crippen LogP) is 7.95. The molecule has 0 saturated heterocycles. The van der Waals surface area contributed by atoms with Crippen LogP contribution in [-0.4, -0.2) is 6.43 Å². The van der Waals surface area contributed by atoms with Gasteiger partial charge in [-0.3, -0.25) is 0 Å². The number of hydrogen-bond donors (Lipinski definition) is 0. The lowest BCUT2D eigenvalue weighted by Crippen LogP contribution is -2.25. The second-order valence-corrected chi connectivity index (χ2v) is 9.19. The molecule has 0 aromatic heterocycles. The molecule has 2 fully saturated rings. The van der Waals surface area contributed by atoms with E-state index in [2.05, 4.69) is 25.2 Å². The topological polar surface area (TPSA) is 0 Å². The van der Waals surface area contributed by atoms with Crippen molar-refractivity contribution in [1.82, 2.24) is 0 Å². The molecule has 2 saturated carbocycles. The quantitative estimate of drug-likeness (QED) is 0.419. The fourth-order valence-corrected chi connectivity index (χ4v) is 5.86. The van der Waals surface area contributed by atoms with Crippen LogP contribution in [0.15, 0.2) is 23.8 Å². The first kappa shape index (κ1) is 20.1. The standard InChI is InChI=1S/C24H38F2/c1-2-3-4-5-18-6-8-19(9-7-18)20-10-12-21(13-11-20)22-14-16-23(17-15-22)24(25)26/h2-3,12,18-20,22-24H,4-11,13-17H2,1H3/b3-2+. The summed E-state index contributed by atoms with van der Waals surface area (Å²) in [6.45, 7) is 2.12. The minimum atomic E-state index is -2.10. The highest BCUT2D eigenvalue weighted by Gasteiger charge is 2.32. The maximum atomic E-state index is 12.8. The fourth-order valence-electron chi connectivity index (χ4n) is 5.86. The summed E-state index contributed by atoms with van der Waals surface area (Å²) in [5, 5.41) is 0. The summed E-state index contributed by atoms with van der Waals surface area (Å²) in [4.78, 5) is 0. The van der Waals surface area contributed by atoms with Crippen LogP contribution in [0.2, 0.25) is 0 Å². The molecule has 0 aliphatic heterocycles. The van der Waals surface area contributed by atoms with Gasteiger partial charge in [0, 0.05) is 5.92 Å². The lowest BCUT2D eigenvalue weighted by atomic mass is 9.68. The van der Waals surface area contributed by atoms with Crippen LogP contribution in [0.3, 0.4) is 0 Å². The maximum absolute atomic E-state index is 12.8. The molecule has 0 aromatic rings. The Morgan fingerprint density at radius 2 is 1.69 bits per heavy atom. The Balaban J connectivity index is 1.40. The molecule has 26 heavy (non-hydrogen) atoms. The predicted molar refractivity (Wildman–Crippen MR) is 106 cm³/mol. The van der Waals surface area contributed by atoms with Gasteiger partial charge in [-0.05, 0) is 101 Å². The number of rotatable bonds is 6. The van der Waals surface area contributed by atoms with E-state index >= 15 is 0 Å². The van der Waals surface area contributed by atoms with Crippen molar-refractivity contribution >= 4 is 0 Å². The van der Waals surface area contributed by atoms with Gasteiger partial charge in [0.2, 0.25) is 6.43 Å². The van der Waals surface area contributed by atoms with E-state index < -0.39 is 6.43 Å². The van der Waals surface area contributed by atoms with Crippen molar-refractivity contribution in [1.29, 1.82) is 0 Å². The van der Waals surface area contributed by atoms with Crippen molar-refractivity contribution in [3.63, 3.8) is 0 Å². The summed E-state index contributed by atoms with van der Waals surface area (Å²) in [7, 11) is 0. The van der Waals surface area contributed by atoms with E-state index in [4.69, 9.17) is 0 Å². The van der Waals surface area contributed by atoms with E-state index in [9.17, 15) is 8.78 Å². The van der Waals surface area contributed by atoms with Gasteiger partial charge >= 0.3 is 0 Å². The summed E-state index contributed by atoms with van der Waals surface area (Å²) in [5.41, 5.74) is 1.62. The third-order valence-corrected chi connectivity index (χ3v) is 7.67. The Labute approximate surface area is 159 Å². The van der Waals surface area contributed by atoms with Crippen molar-refractivity contribution < 1.29 is 8.78 Å². The molecule has 0 spiro atoms. The average Bonchev–Trinajstić information content (AvgIpc) is 2.69. The van der Waals surface area contributed by atoms with Crippen LogP contribution in [0.25, 0.3) is 0 Å². The Morgan fingerprint density at radius 1 is 0.962 bits per heavy atom. The minimum absolute atomic E-state index is 0.328. The van der Waals surface area contributed by atoms with Crippen LogP contribution < -0.4 is 0 Å². The van der Waals surface area contributed by atoms with Gasteiger partial charge in [0.15, 0.2) is 0 Å². The van der Waals surface area contributed by atoms with Crippen LogP contribution in [0, 0.1) is 29.6 Å². The summed E-state index contributed by atoms with van der Waals surface area (Å²) in [6.07, 6.45) is 20.7. The monoisotopic (exact) mass is 364 g/mol. The summed E-state index contributed by atoms with van der Waals surface area (Å²) < 4.78 is 25.7. The zero-order chi connectivity index (χ0) is 18.4. The number of allylic oxidation sites excluding steroid dienone is 4. The third-order valence-electron chi connectivity index (χ3n) is 7.67. The summed E-state index contributed by atoms with van der Waals surface area (Å²) in [5.74, 6) is 3.09. The van der Waals surface area contributed by atoms with Crippen LogP contribution in [0.4, 0.5) is 8.78 Å². The van der Waals surface area contributed by atoms with E-state index in [0.717, 1.165) is 43.4 Å². The highest BCUT2D eigenvalue weighted by atomic mass is 19.3. The lowest BCUT2D eigenvalue weighted by molar-refractivity contribution is 0.0491. The number of hydrogen-bond acceptors (Lipinski definition) is 0. The summed E-state index contributed by atoms with van der Waals surface area (Å²) >= 11 is 0. The molecule has 0 aromatic carbocycles. The van der Waals surface area contributed by atoms with Gasteiger partial charge in [-0.15, -0.1) is 0 Å². The molecule has 0 amide bonds. The van der Waals surface area contributed by atoms with Gasteiger partial charge in [-0.1, -0.05) is 36.6 Å². The molecule has 3 rings (SSSR count). The van der Waals surface area contributed by atoms with Gasteiger partial charge < -0.3 is 0 Å². The number of halogens is 2. The molecule has 0 radical (unpaired) electrons. The zero-order valence-electron chi connectivity index (χ0n) is 16.6. The zero-order valence-corrected chi connectivity index (χ0v) is 16.6. The van der Waals surface area contributed by atoms with Crippen molar-refractivity contribution in [3.05, 3.63) is 23.8 Å². The van der Waals surface area contributed by atoms with Gasteiger partial charge in [-0.2, -0.15) is 0 Å². The van der Waals surface area contributed by atoms with E-state index in [1.165, 1.54) is 57.8 Å². The van der Waals surface area contributed by atoms with Crippen molar-refractivity contribution in [3.8, 4) is 0 Å². The molecule has 3 aliphatic rings. The first-order valence-electron chi connectivity index (χ1n) is 11.3. The minimum Gasteiger partial charge on any atom is -0.210 e. The van der Waals surface area contributed by atoms with E-state index in [1.807, 2.05) is 0 Å². The number of alkyl halides is 2. The average molecular weight is 365 g/mol. The Hall–Kier alpha value is -0.660. The fraction of sp³-hybridized carbons (Fsp3) is 0.833. The van der Waals surface area contributed by atoms with Crippen LogP contribution in [0.5, 0.6) is 0 Å². The Kier molecular flexibility index (Phi) is 7.76. The van der Waals surface area contributed by atoms with E-state index in [0.29, 0.717) is 5.92 Å². The second-order valence-electron chi connectivity index (χ2n) is 9.19. The van der Waals surface area contributed by atoms with Crippen LogP contribution >= 0.6 is 0 Å². The first-order valence-corrected chi connectivity index (χ1v) is 11.3. The van der Waals surface area contributed by atoms with E-state index in [1.54, 1.807) is 5.57 Å². The normalized spacial score (nSPS) is 36.5. The first-order chi connectivity index (χ1) is 12.7. The van der Waals surface area contributed by atoms with Crippen molar-refractivity contribution in [2.75, 3.05) is 0 Å². The highest BCUT2D eigenvalue weighted by molar-refractivity contribution is 5.12.